The number of rotatable bonds is 7. The van der Waals surface area contributed by atoms with E-state index in [1.165, 1.54) is 18.3 Å². The first kappa shape index (κ1) is 22.3. The number of aromatic nitrogens is 3. The van der Waals surface area contributed by atoms with Crippen molar-refractivity contribution < 1.29 is 18.7 Å². The number of hydrogen-bond acceptors (Lipinski definition) is 6. The third-order valence-electron chi connectivity index (χ3n) is 6.63. The average Bonchev–Trinajstić information content (AvgIpc) is 2.81. The lowest BCUT2D eigenvalue weighted by Crippen LogP contribution is -2.49. The number of carbonyl (C=O) groups excluding carboxylic acids is 1. The van der Waals surface area contributed by atoms with E-state index in [0.29, 0.717) is 36.5 Å². The molecule has 2 aliphatic rings. The van der Waals surface area contributed by atoms with Gasteiger partial charge in [0, 0.05) is 35.3 Å². The number of aliphatic hydroxyl groups is 1. The molecule has 0 unspecified atom stereocenters. The fourth-order valence-electron chi connectivity index (χ4n) is 4.62. The van der Waals surface area contributed by atoms with Crippen LogP contribution in [0.15, 0.2) is 54.7 Å². The van der Waals surface area contributed by atoms with Crippen molar-refractivity contribution in [3.05, 3.63) is 71.8 Å². The highest BCUT2D eigenvalue weighted by Crippen LogP contribution is 2.45. The Bertz CT molecular complexity index is 1180. The zero-order chi connectivity index (χ0) is 23.7. The van der Waals surface area contributed by atoms with E-state index in [2.05, 4.69) is 25.8 Å². The summed E-state index contributed by atoms with van der Waals surface area (Å²) in [5.74, 6) is -0.141. The Kier molecular flexibility index (Phi) is 5.95. The number of nitrogens with one attached hydrogen (secondary N) is 2. The van der Waals surface area contributed by atoms with E-state index in [-0.39, 0.29) is 36.6 Å². The second-order valence-corrected chi connectivity index (χ2v) is 9.15. The first-order valence-corrected chi connectivity index (χ1v) is 11.3. The van der Waals surface area contributed by atoms with Gasteiger partial charge in [-0.1, -0.05) is 12.1 Å². The molecule has 1 aromatic carbocycles. The van der Waals surface area contributed by atoms with Crippen LogP contribution in [0.3, 0.4) is 0 Å². The molecule has 0 spiro atoms. The molecule has 0 radical (unpaired) electrons. The Morgan fingerprint density at radius 2 is 1.94 bits per heavy atom. The van der Waals surface area contributed by atoms with Gasteiger partial charge in [0.1, 0.15) is 17.8 Å². The second kappa shape index (κ2) is 9.06. The van der Waals surface area contributed by atoms with Crippen molar-refractivity contribution in [2.75, 3.05) is 11.9 Å². The summed E-state index contributed by atoms with van der Waals surface area (Å²) in [6.45, 7) is 0.293. The molecule has 7 nitrogen and oxygen atoms in total. The predicted octanol–water partition coefficient (Wildman–Crippen LogP) is 3.41. The van der Waals surface area contributed by atoms with E-state index in [1.54, 1.807) is 30.3 Å². The molecule has 5 rings (SSSR count). The Balaban J connectivity index is 1.25. The van der Waals surface area contributed by atoms with Crippen molar-refractivity contribution in [3.63, 3.8) is 0 Å². The number of halogens is 2. The van der Waals surface area contributed by atoms with Crippen LogP contribution in [-0.2, 0) is 5.41 Å². The third kappa shape index (κ3) is 4.48. The van der Waals surface area contributed by atoms with Gasteiger partial charge in [-0.25, -0.2) is 8.78 Å². The molecule has 0 aliphatic heterocycles. The number of carbonyl (C=O) groups is 1. The van der Waals surface area contributed by atoms with Gasteiger partial charge in [-0.05, 0) is 62.1 Å². The maximum Gasteiger partial charge on any atom is 0.251 e. The van der Waals surface area contributed by atoms with Crippen molar-refractivity contribution in [2.45, 2.75) is 49.4 Å². The van der Waals surface area contributed by atoms with Crippen molar-refractivity contribution in [2.24, 2.45) is 0 Å². The number of nitrogens with zero attached hydrogens (tertiary/aromatic N) is 3. The fourth-order valence-corrected chi connectivity index (χ4v) is 4.62. The lowest BCUT2D eigenvalue weighted by Gasteiger charge is -2.44. The maximum atomic E-state index is 14.3. The Hall–Kier alpha value is -3.46. The molecule has 2 aliphatic carbocycles. The molecular weight excluding hydrogens is 440 g/mol. The minimum Gasteiger partial charge on any atom is -0.393 e. The van der Waals surface area contributed by atoms with Crippen LogP contribution < -0.4 is 10.6 Å². The number of aliphatic hydroxyl groups excluding tert-OH is 1. The molecular formula is C25H25F2N5O2. The molecule has 176 valence electrons. The van der Waals surface area contributed by atoms with Gasteiger partial charge in [0.15, 0.2) is 0 Å². The van der Waals surface area contributed by atoms with Crippen LogP contribution >= 0.6 is 0 Å². The molecule has 2 saturated carbocycles. The normalized spacial score (nSPS) is 25.7. The first-order chi connectivity index (χ1) is 16.4. The molecule has 0 saturated heterocycles. The summed E-state index contributed by atoms with van der Waals surface area (Å²) in [7, 11) is 0. The summed E-state index contributed by atoms with van der Waals surface area (Å²) < 4.78 is 28.1. The molecule has 2 heterocycles. The molecule has 2 fully saturated rings. The smallest absolute Gasteiger partial charge is 0.251 e. The van der Waals surface area contributed by atoms with Gasteiger partial charge >= 0.3 is 0 Å². The number of amides is 1. The first-order valence-electron chi connectivity index (χ1n) is 11.3. The highest BCUT2D eigenvalue weighted by molar-refractivity contribution is 5.95. The van der Waals surface area contributed by atoms with Crippen molar-refractivity contribution in [1.29, 1.82) is 0 Å². The van der Waals surface area contributed by atoms with Gasteiger partial charge in [-0.15, -0.1) is 10.2 Å². The topological polar surface area (TPSA) is 100 Å². The van der Waals surface area contributed by atoms with Crippen LogP contribution in [0.4, 0.5) is 14.6 Å². The van der Waals surface area contributed by atoms with Gasteiger partial charge in [0.05, 0.1) is 17.5 Å². The molecule has 3 N–H and O–H groups in total. The molecule has 34 heavy (non-hydrogen) atoms. The standard InChI is InChI=1S/C25H25F2N5O2/c26-17-12-25(13-17,23-20(27)5-2-8-28-23)14-29-22-7-6-21(31-32-22)15-3-1-4-16(9-15)24(34)30-18-10-19(33)11-18/h1-9,17-19,33H,10-14H2,(H,29,32)(H,30,34)/t17-,18?,19?,25-. The van der Waals surface area contributed by atoms with Crippen molar-refractivity contribution in [3.8, 4) is 11.3 Å². The van der Waals surface area contributed by atoms with E-state index in [9.17, 15) is 18.7 Å². The zero-order valence-corrected chi connectivity index (χ0v) is 18.4. The van der Waals surface area contributed by atoms with E-state index in [0.717, 1.165) is 5.56 Å². The van der Waals surface area contributed by atoms with Crippen LogP contribution in [0.2, 0.25) is 0 Å². The number of alkyl halides is 1. The van der Waals surface area contributed by atoms with Gasteiger partial charge in [0.25, 0.3) is 5.91 Å². The molecule has 3 aromatic rings. The predicted molar refractivity (Wildman–Crippen MR) is 122 cm³/mol. The summed E-state index contributed by atoms with van der Waals surface area (Å²) in [6.07, 6.45) is 1.76. The molecule has 9 heteroatoms. The number of benzene rings is 1. The highest BCUT2D eigenvalue weighted by Gasteiger charge is 2.48. The van der Waals surface area contributed by atoms with Crippen LogP contribution in [0, 0.1) is 5.82 Å². The largest absolute Gasteiger partial charge is 0.393 e. The summed E-state index contributed by atoms with van der Waals surface area (Å²) in [4.78, 5) is 16.6. The zero-order valence-electron chi connectivity index (χ0n) is 18.4. The summed E-state index contributed by atoms with van der Waals surface area (Å²) in [5.41, 5.74) is 1.40. The summed E-state index contributed by atoms with van der Waals surface area (Å²) in [6, 6.07) is 13.5. The van der Waals surface area contributed by atoms with Gasteiger partial charge in [-0.3, -0.25) is 9.78 Å². The SMILES string of the molecule is O=C(NC1CC(O)C1)c1cccc(-c2ccc(NC[C@]3(c4ncccc4F)C[C@H](F)C3)nn2)c1. The van der Waals surface area contributed by atoms with Gasteiger partial charge < -0.3 is 15.7 Å². The second-order valence-electron chi connectivity index (χ2n) is 9.15. The van der Waals surface area contributed by atoms with Crippen LogP contribution in [0.1, 0.15) is 41.7 Å². The Labute approximate surface area is 195 Å². The quantitative estimate of drug-likeness (QED) is 0.495. The average molecular weight is 466 g/mol. The lowest BCUT2D eigenvalue weighted by atomic mass is 9.65. The number of hydrogen-bond donors (Lipinski definition) is 3. The maximum absolute atomic E-state index is 14.3. The molecule has 0 atom stereocenters. The fraction of sp³-hybridized carbons (Fsp3) is 0.360. The number of pyridine rings is 1. The third-order valence-corrected chi connectivity index (χ3v) is 6.63. The van der Waals surface area contributed by atoms with E-state index in [1.807, 2.05) is 6.07 Å². The molecule has 0 bridgehead atoms. The van der Waals surface area contributed by atoms with Crippen LogP contribution in [0.5, 0.6) is 0 Å². The van der Waals surface area contributed by atoms with Crippen LogP contribution in [0.25, 0.3) is 11.3 Å². The van der Waals surface area contributed by atoms with E-state index in [4.69, 9.17) is 0 Å². The summed E-state index contributed by atoms with van der Waals surface area (Å²) in [5, 5.41) is 23.9. The minimum atomic E-state index is -0.976. The molecule has 1 amide bonds. The Morgan fingerprint density at radius 3 is 2.62 bits per heavy atom. The Morgan fingerprint density at radius 1 is 1.12 bits per heavy atom. The van der Waals surface area contributed by atoms with Crippen molar-refractivity contribution in [1.82, 2.24) is 20.5 Å². The van der Waals surface area contributed by atoms with Crippen molar-refractivity contribution >= 4 is 11.7 Å². The van der Waals surface area contributed by atoms with Gasteiger partial charge in [0.2, 0.25) is 0 Å². The number of anilines is 1. The highest BCUT2D eigenvalue weighted by atomic mass is 19.1. The summed E-state index contributed by atoms with van der Waals surface area (Å²) >= 11 is 0. The van der Waals surface area contributed by atoms with E-state index >= 15 is 0 Å². The monoisotopic (exact) mass is 465 g/mol. The minimum absolute atomic E-state index is 0.00232. The van der Waals surface area contributed by atoms with Crippen LogP contribution in [-0.4, -0.2) is 51.1 Å². The molecule has 2 aromatic heterocycles. The van der Waals surface area contributed by atoms with Gasteiger partial charge in [-0.2, -0.15) is 0 Å². The van der Waals surface area contributed by atoms with E-state index < -0.39 is 17.4 Å². The lowest BCUT2D eigenvalue weighted by molar-refractivity contribution is 0.0562.